The number of carboxylic acid groups (broad SMARTS) is 1. The predicted octanol–water partition coefficient (Wildman–Crippen LogP) is 4.11. The standard InChI is InChI=1S/C19H26F3NO6/c1-13(11-16(24)25)23(17(26)29-18(2,3)4)9-10-27-14-7-5-6-8-15(14)28-12-19(20,21)22/h5-8,13H,9-12H2,1-4H3,(H,24,25). The molecule has 1 aromatic carbocycles. The number of nitrogens with zero attached hydrogens (tertiary/aromatic N) is 1. The lowest BCUT2D eigenvalue weighted by molar-refractivity contribution is -0.153. The lowest BCUT2D eigenvalue weighted by atomic mass is 10.2. The van der Waals surface area contributed by atoms with Gasteiger partial charge in [-0.25, -0.2) is 4.79 Å². The van der Waals surface area contributed by atoms with Crippen LogP contribution in [0.1, 0.15) is 34.1 Å². The van der Waals surface area contributed by atoms with E-state index in [1.807, 2.05) is 0 Å². The summed E-state index contributed by atoms with van der Waals surface area (Å²) in [6, 6.07) is 5.15. The minimum atomic E-state index is -4.49. The molecule has 7 nitrogen and oxygen atoms in total. The average Bonchev–Trinajstić information content (AvgIpc) is 2.54. The van der Waals surface area contributed by atoms with Gasteiger partial charge >= 0.3 is 18.2 Å². The largest absolute Gasteiger partial charge is 0.488 e. The highest BCUT2D eigenvalue weighted by Crippen LogP contribution is 2.28. The van der Waals surface area contributed by atoms with Crippen molar-refractivity contribution in [3.05, 3.63) is 24.3 Å². The molecular weight excluding hydrogens is 395 g/mol. The highest BCUT2D eigenvalue weighted by atomic mass is 19.4. The van der Waals surface area contributed by atoms with Gasteiger partial charge in [0.05, 0.1) is 13.0 Å². The SMILES string of the molecule is CC(CC(=O)O)N(CCOc1ccccc1OCC(F)(F)F)C(=O)OC(C)(C)C. The molecule has 0 aliphatic heterocycles. The third-order valence-electron chi connectivity index (χ3n) is 3.46. The van der Waals surface area contributed by atoms with Crippen LogP contribution >= 0.6 is 0 Å². The first-order valence-corrected chi connectivity index (χ1v) is 8.91. The maximum Gasteiger partial charge on any atom is 0.422 e. The Hall–Kier alpha value is -2.65. The molecule has 0 bridgehead atoms. The Morgan fingerprint density at radius 3 is 2.14 bits per heavy atom. The molecule has 0 saturated heterocycles. The number of hydrogen-bond acceptors (Lipinski definition) is 5. The van der Waals surface area contributed by atoms with Crippen molar-refractivity contribution in [1.82, 2.24) is 4.90 Å². The van der Waals surface area contributed by atoms with Crippen LogP contribution in [0, 0.1) is 0 Å². The minimum Gasteiger partial charge on any atom is -0.488 e. The van der Waals surface area contributed by atoms with Gasteiger partial charge in [0.25, 0.3) is 0 Å². The molecule has 1 amide bonds. The molecule has 0 spiro atoms. The average molecular weight is 421 g/mol. The van der Waals surface area contributed by atoms with Crippen LogP contribution in [0.2, 0.25) is 0 Å². The van der Waals surface area contributed by atoms with Gasteiger partial charge in [0.15, 0.2) is 18.1 Å². The number of carboxylic acids is 1. The van der Waals surface area contributed by atoms with Crippen LogP contribution in [0.25, 0.3) is 0 Å². The Balaban J connectivity index is 2.79. The van der Waals surface area contributed by atoms with E-state index in [4.69, 9.17) is 19.3 Å². The fourth-order valence-corrected chi connectivity index (χ4v) is 2.28. The minimum absolute atomic E-state index is 0.0308. The van der Waals surface area contributed by atoms with E-state index < -0.39 is 36.5 Å². The molecule has 10 heteroatoms. The fraction of sp³-hybridized carbons (Fsp3) is 0.579. The van der Waals surface area contributed by atoms with Gasteiger partial charge in [0.1, 0.15) is 12.2 Å². The zero-order chi connectivity index (χ0) is 22.2. The zero-order valence-corrected chi connectivity index (χ0v) is 16.8. The monoisotopic (exact) mass is 421 g/mol. The van der Waals surface area contributed by atoms with E-state index in [-0.39, 0.29) is 31.1 Å². The van der Waals surface area contributed by atoms with Crippen LogP contribution in [0.5, 0.6) is 11.5 Å². The van der Waals surface area contributed by atoms with Crippen molar-refractivity contribution in [3.8, 4) is 11.5 Å². The molecule has 0 heterocycles. The Bertz CT molecular complexity index is 687. The van der Waals surface area contributed by atoms with Gasteiger partial charge < -0.3 is 24.2 Å². The molecule has 29 heavy (non-hydrogen) atoms. The molecule has 0 radical (unpaired) electrons. The third kappa shape index (κ3) is 9.91. The van der Waals surface area contributed by atoms with E-state index in [0.717, 1.165) is 0 Å². The summed E-state index contributed by atoms with van der Waals surface area (Å²) in [6.07, 6.45) is -5.51. The molecule has 0 fully saturated rings. The zero-order valence-electron chi connectivity index (χ0n) is 16.8. The number of carbonyl (C=O) groups excluding carboxylic acids is 1. The van der Waals surface area contributed by atoms with Crippen LogP contribution in [0.3, 0.4) is 0 Å². The Kier molecular flexibility index (Phi) is 8.59. The van der Waals surface area contributed by atoms with Gasteiger partial charge in [-0.3, -0.25) is 4.79 Å². The third-order valence-corrected chi connectivity index (χ3v) is 3.46. The van der Waals surface area contributed by atoms with Gasteiger partial charge in [-0.15, -0.1) is 0 Å². The highest BCUT2D eigenvalue weighted by Gasteiger charge is 2.29. The van der Waals surface area contributed by atoms with Crippen molar-refractivity contribution >= 4 is 12.1 Å². The van der Waals surface area contributed by atoms with E-state index in [2.05, 4.69) is 0 Å². The number of benzene rings is 1. The maximum absolute atomic E-state index is 12.4. The van der Waals surface area contributed by atoms with Crippen LogP contribution in [0.4, 0.5) is 18.0 Å². The van der Waals surface area contributed by atoms with Crippen LogP contribution < -0.4 is 9.47 Å². The number of rotatable bonds is 9. The molecule has 164 valence electrons. The Morgan fingerprint density at radius 2 is 1.66 bits per heavy atom. The second kappa shape index (κ2) is 10.2. The van der Waals surface area contributed by atoms with Crippen molar-refractivity contribution in [2.24, 2.45) is 0 Å². The van der Waals surface area contributed by atoms with Crippen molar-refractivity contribution in [2.75, 3.05) is 19.8 Å². The van der Waals surface area contributed by atoms with E-state index >= 15 is 0 Å². The number of hydrogen-bond donors (Lipinski definition) is 1. The van der Waals surface area contributed by atoms with Gasteiger partial charge in [0.2, 0.25) is 0 Å². The summed E-state index contributed by atoms with van der Waals surface area (Å²) in [5.41, 5.74) is -0.781. The highest BCUT2D eigenvalue weighted by molar-refractivity contribution is 5.71. The molecule has 1 unspecified atom stereocenters. The van der Waals surface area contributed by atoms with E-state index in [1.165, 1.54) is 23.1 Å². The number of halogens is 3. The smallest absolute Gasteiger partial charge is 0.422 e. The summed E-state index contributed by atoms with van der Waals surface area (Å²) in [4.78, 5) is 24.6. The summed E-state index contributed by atoms with van der Waals surface area (Å²) < 4.78 is 52.6. The normalized spacial score (nSPS) is 12.8. The van der Waals surface area contributed by atoms with Gasteiger partial charge in [-0.05, 0) is 39.8 Å². The molecule has 0 aromatic heterocycles. The number of aliphatic carboxylic acids is 1. The summed E-state index contributed by atoms with van der Waals surface area (Å²) in [6.45, 7) is 4.99. The summed E-state index contributed by atoms with van der Waals surface area (Å²) in [5, 5.41) is 8.99. The predicted molar refractivity (Wildman–Crippen MR) is 98.1 cm³/mol. The molecule has 0 saturated carbocycles. The second-order valence-electron chi connectivity index (χ2n) is 7.32. The summed E-state index contributed by atoms with van der Waals surface area (Å²) in [5.74, 6) is -1.10. The maximum atomic E-state index is 12.4. The van der Waals surface area contributed by atoms with Crippen molar-refractivity contribution in [1.29, 1.82) is 0 Å². The van der Waals surface area contributed by atoms with E-state index in [1.54, 1.807) is 33.8 Å². The summed E-state index contributed by atoms with van der Waals surface area (Å²) in [7, 11) is 0. The van der Waals surface area contributed by atoms with Crippen LogP contribution in [0.15, 0.2) is 24.3 Å². The van der Waals surface area contributed by atoms with Gasteiger partial charge in [-0.2, -0.15) is 13.2 Å². The molecule has 1 aromatic rings. The summed E-state index contributed by atoms with van der Waals surface area (Å²) >= 11 is 0. The number of alkyl halides is 3. The van der Waals surface area contributed by atoms with Gasteiger partial charge in [0, 0.05) is 6.04 Å². The Labute approximate surface area is 167 Å². The van der Waals surface area contributed by atoms with E-state index in [0.29, 0.717) is 0 Å². The molecule has 0 aliphatic carbocycles. The molecule has 1 rings (SSSR count). The lowest BCUT2D eigenvalue weighted by Gasteiger charge is -2.31. The number of carbonyl (C=O) groups is 2. The number of ether oxygens (including phenoxy) is 3. The first-order chi connectivity index (χ1) is 13.3. The van der Waals surface area contributed by atoms with Crippen molar-refractivity contribution in [3.63, 3.8) is 0 Å². The fourth-order valence-electron chi connectivity index (χ4n) is 2.28. The quantitative estimate of drug-likeness (QED) is 0.646. The van der Waals surface area contributed by atoms with Crippen LogP contribution in [-0.4, -0.2) is 59.6 Å². The topological polar surface area (TPSA) is 85.3 Å². The van der Waals surface area contributed by atoms with Crippen LogP contribution in [-0.2, 0) is 9.53 Å². The number of amides is 1. The molecule has 0 aliphatic rings. The Morgan fingerprint density at radius 1 is 1.10 bits per heavy atom. The van der Waals surface area contributed by atoms with Gasteiger partial charge in [-0.1, -0.05) is 12.1 Å². The first-order valence-electron chi connectivity index (χ1n) is 8.91. The van der Waals surface area contributed by atoms with Crippen molar-refractivity contribution in [2.45, 2.75) is 51.9 Å². The van der Waals surface area contributed by atoms with E-state index in [9.17, 15) is 22.8 Å². The molecular formula is C19H26F3NO6. The lowest BCUT2D eigenvalue weighted by Crippen LogP contribution is -2.45. The molecule has 1 N–H and O–H groups in total. The van der Waals surface area contributed by atoms with Crippen molar-refractivity contribution < 1.29 is 42.1 Å². The molecule has 1 atom stereocenters. The first kappa shape index (κ1) is 24.4. The number of para-hydroxylation sites is 2. The second-order valence-corrected chi connectivity index (χ2v) is 7.32.